The van der Waals surface area contributed by atoms with Gasteiger partial charge in [-0.1, -0.05) is 37.0 Å². The summed E-state index contributed by atoms with van der Waals surface area (Å²) in [6.45, 7) is 12.8. The highest BCUT2D eigenvalue weighted by Gasteiger charge is 2.16. The lowest BCUT2D eigenvalue weighted by atomic mass is 9.96. The van der Waals surface area contributed by atoms with Gasteiger partial charge in [-0.25, -0.2) is 0 Å². The largest absolute Gasteiger partial charge is 0.424 e. The van der Waals surface area contributed by atoms with Gasteiger partial charge in [0.05, 0.1) is 5.69 Å². The van der Waals surface area contributed by atoms with E-state index in [1.165, 1.54) is 6.92 Å². The van der Waals surface area contributed by atoms with Crippen molar-refractivity contribution in [2.24, 2.45) is 0 Å². The number of carbonyl (C=O) groups excluding carboxylic acids is 1. The molecule has 0 spiro atoms. The van der Waals surface area contributed by atoms with Crippen LogP contribution in [0.2, 0.25) is 0 Å². The Kier molecular flexibility index (Phi) is 4.70. The van der Waals surface area contributed by atoms with Crippen LogP contribution in [0.3, 0.4) is 0 Å². The maximum Gasteiger partial charge on any atom is 0.308 e. The summed E-state index contributed by atoms with van der Waals surface area (Å²) in [5.74, 6) is -0.0488. The van der Waals surface area contributed by atoms with Crippen molar-refractivity contribution >= 4 is 29.4 Å². The van der Waals surface area contributed by atoms with E-state index in [0.717, 1.165) is 22.3 Å². The van der Waals surface area contributed by atoms with Crippen molar-refractivity contribution < 1.29 is 9.53 Å². The van der Waals surface area contributed by atoms with Crippen LogP contribution in [0.5, 0.6) is 5.75 Å². The van der Waals surface area contributed by atoms with E-state index in [-0.39, 0.29) is 0 Å². The molecule has 0 atom stereocenters. The van der Waals surface area contributed by atoms with Gasteiger partial charge >= 0.3 is 5.97 Å². The third-order valence-corrected chi connectivity index (χ3v) is 2.65. The molecule has 1 rings (SSSR count). The lowest BCUT2D eigenvalue weighted by Gasteiger charge is -2.16. The molecule has 0 saturated heterocycles. The van der Waals surface area contributed by atoms with E-state index in [4.69, 9.17) is 10.5 Å². The molecule has 0 aliphatic rings. The van der Waals surface area contributed by atoms with Gasteiger partial charge in [0.1, 0.15) is 0 Å². The van der Waals surface area contributed by atoms with Crippen molar-refractivity contribution in [2.75, 3.05) is 5.73 Å². The predicted octanol–water partition coefficient (Wildman–Crippen LogP) is 3.90. The van der Waals surface area contributed by atoms with Gasteiger partial charge in [-0.3, -0.25) is 4.79 Å². The molecule has 0 radical (unpaired) electrons. The first-order chi connectivity index (χ1) is 8.92. The second-order valence-corrected chi connectivity index (χ2v) is 4.25. The molecule has 0 bridgehead atoms. The van der Waals surface area contributed by atoms with E-state index in [0.29, 0.717) is 11.4 Å². The van der Waals surface area contributed by atoms with Crippen LogP contribution in [0, 0.1) is 0 Å². The van der Waals surface area contributed by atoms with Gasteiger partial charge in [-0.2, -0.15) is 0 Å². The smallest absolute Gasteiger partial charge is 0.308 e. The second kappa shape index (κ2) is 6.05. The molecule has 0 aromatic heterocycles. The first-order valence-electron chi connectivity index (χ1n) is 5.98. The Balaban J connectivity index is 3.70. The zero-order chi connectivity index (χ0) is 14.6. The third-order valence-electron chi connectivity index (χ3n) is 2.65. The minimum absolute atomic E-state index is 0.362. The highest BCUT2D eigenvalue weighted by atomic mass is 16.5. The van der Waals surface area contributed by atoms with E-state index in [1.54, 1.807) is 6.08 Å². The SMILES string of the molecule is C=Cc1cc(C(=C)C)c(/C=C/C)c(OC(C)=O)c1N. The van der Waals surface area contributed by atoms with E-state index >= 15 is 0 Å². The van der Waals surface area contributed by atoms with Crippen molar-refractivity contribution in [1.82, 2.24) is 0 Å². The molecule has 19 heavy (non-hydrogen) atoms. The number of nitrogens with two attached hydrogens (primary N) is 1. The van der Waals surface area contributed by atoms with Gasteiger partial charge in [-0.05, 0) is 25.5 Å². The topological polar surface area (TPSA) is 52.3 Å². The zero-order valence-corrected chi connectivity index (χ0v) is 11.6. The Labute approximate surface area is 114 Å². The van der Waals surface area contributed by atoms with Crippen LogP contribution < -0.4 is 10.5 Å². The predicted molar refractivity (Wildman–Crippen MR) is 81.7 cm³/mol. The van der Waals surface area contributed by atoms with E-state index in [2.05, 4.69) is 13.2 Å². The van der Waals surface area contributed by atoms with Crippen molar-refractivity contribution in [3.63, 3.8) is 0 Å². The van der Waals surface area contributed by atoms with Crippen LogP contribution in [0.15, 0.2) is 25.3 Å². The van der Waals surface area contributed by atoms with E-state index in [9.17, 15) is 4.79 Å². The standard InChI is InChI=1S/C16H19NO2/c1-6-8-13-14(10(3)4)9-12(7-2)15(17)16(13)19-11(5)18/h6-9H,2-3,17H2,1,4-5H3/b8-6+. The maximum atomic E-state index is 11.3. The van der Waals surface area contributed by atoms with Crippen molar-refractivity contribution in [2.45, 2.75) is 20.8 Å². The number of anilines is 1. The van der Waals surface area contributed by atoms with Crippen molar-refractivity contribution in [1.29, 1.82) is 0 Å². The third kappa shape index (κ3) is 3.13. The summed E-state index contributed by atoms with van der Waals surface area (Å²) < 4.78 is 5.26. The number of rotatable bonds is 4. The van der Waals surface area contributed by atoms with Crippen LogP contribution in [0.4, 0.5) is 5.69 Å². The summed E-state index contributed by atoms with van der Waals surface area (Å²) in [7, 11) is 0. The summed E-state index contributed by atoms with van der Waals surface area (Å²) in [5.41, 5.74) is 9.67. The molecule has 0 fully saturated rings. The molecule has 0 aliphatic heterocycles. The number of ether oxygens (including phenoxy) is 1. The quantitative estimate of drug-likeness (QED) is 0.505. The first kappa shape index (κ1) is 14.8. The van der Waals surface area contributed by atoms with Crippen LogP contribution in [0.1, 0.15) is 37.5 Å². The minimum atomic E-state index is -0.411. The summed E-state index contributed by atoms with van der Waals surface area (Å²) >= 11 is 0. The lowest BCUT2D eigenvalue weighted by molar-refractivity contribution is -0.131. The number of allylic oxidation sites excluding steroid dienone is 2. The zero-order valence-electron chi connectivity index (χ0n) is 11.6. The fourth-order valence-corrected chi connectivity index (χ4v) is 1.82. The fourth-order valence-electron chi connectivity index (χ4n) is 1.82. The molecular weight excluding hydrogens is 238 g/mol. The van der Waals surface area contributed by atoms with E-state index < -0.39 is 5.97 Å². The Morgan fingerprint density at radius 3 is 2.47 bits per heavy atom. The molecule has 0 unspecified atom stereocenters. The van der Waals surface area contributed by atoms with Crippen LogP contribution >= 0.6 is 0 Å². The van der Waals surface area contributed by atoms with Crippen LogP contribution in [0.25, 0.3) is 17.7 Å². The number of carbonyl (C=O) groups is 1. The normalized spacial score (nSPS) is 10.5. The number of hydrogen-bond donors (Lipinski definition) is 1. The molecule has 1 aromatic carbocycles. The molecular formula is C16H19NO2. The van der Waals surface area contributed by atoms with Gasteiger partial charge in [0.15, 0.2) is 5.75 Å². The van der Waals surface area contributed by atoms with E-state index in [1.807, 2.05) is 32.1 Å². The monoisotopic (exact) mass is 257 g/mol. The fraction of sp³-hybridized carbons (Fsp3) is 0.188. The van der Waals surface area contributed by atoms with Gasteiger partial charge in [0.25, 0.3) is 0 Å². The molecule has 2 N–H and O–H groups in total. The Bertz CT molecular complexity index is 569. The van der Waals surface area contributed by atoms with Crippen LogP contribution in [-0.2, 0) is 4.79 Å². The molecule has 3 nitrogen and oxygen atoms in total. The van der Waals surface area contributed by atoms with Gasteiger partial charge in [0, 0.05) is 18.1 Å². The number of hydrogen-bond acceptors (Lipinski definition) is 3. The minimum Gasteiger partial charge on any atom is -0.424 e. The van der Waals surface area contributed by atoms with Gasteiger partial charge in [0.2, 0.25) is 0 Å². The summed E-state index contributed by atoms with van der Waals surface area (Å²) in [5, 5.41) is 0. The Hall–Kier alpha value is -2.29. The second-order valence-electron chi connectivity index (χ2n) is 4.25. The van der Waals surface area contributed by atoms with Gasteiger partial charge < -0.3 is 10.5 Å². The lowest BCUT2D eigenvalue weighted by Crippen LogP contribution is -2.08. The maximum absolute atomic E-state index is 11.3. The van der Waals surface area contributed by atoms with Crippen molar-refractivity contribution in [3.05, 3.63) is 42.0 Å². The average Bonchev–Trinajstić information content (AvgIpc) is 2.33. The summed E-state index contributed by atoms with van der Waals surface area (Å²) in [6.07, 6.45) is 5.35. The molecule has 0 amide bonds. The van der Waals surface area contributed by atoms with Crippen LogP contribution in [-0.4, -0.2) is 5.97 Å². The Morgan fingerprint density at radius 1 is 1.42 bits per heavy atom. The highest BCUT2D eigenvalue weighted by molar-refractivity contribution is 5.87. The van der Waals surface area contributed by atoms with Gasteiger partial charge in [-0.15, -0.1) is 0 Å². The molecule has 0 heterocycles. The number of esters is 1. The molecule has 1 aromatic rings. The van der Waals surface area contributed by atoms with Crippen molar-refractivity contribution in [3.8, 4) is 5.75 Å². The average molecular weight is 257 g/mol. The highest BCUT2D eigenvalue weighted by Crippen LogP contribution is 2.37. The molecule has 0 aliphatic carbocycles. The Morgan fingerprint density at radius 2 is 2.05 bits per heavy atom. The summed E-state index contributed by atoms with van der Waals surface area (Å²) in [6, 6.07) is 1.90. The summed E-state index contributed by atoms with van der Waals surface area (Å²) in [4.78, 5) is 11.3. The first-order valence-corrected chi connectivity index (χ1v) is 5.98. The molecule has 3 heteroatoms. The number of benzene rings is 1. The number of nitrogen functional groups attached to an aromatic ring is 1. The molecule has 0 saturated carbocycles. The molecule has 100 valence electrons.